The molecule has 3 heteroatoms. The summed E-state index contributed by atoms with van der Waals surface area (Å²) in [6.07, 6.45) is 1.04. The van der Waals surface area contributed by atoms with E-state index in [0.717, 1.165) is 32.5 Å². The van der Waals surface area contributed by atoms with Gasteiger partial charge in [0.05, 0.1) is 5.54 Å². The minimum absolute atomic E-state index is 0.277. The molecule has 1 heterocycles. The zero-order valence-corrected chi connectivity index (χ0v) is 10.2. The van der Waals surface area contributed by atoms with Gasteiger partial charge in [-0.1, -0.05) is 13.8 Å². The molecule has 0 saturated carbocycles. The van der Waals surface area contributed by atoms with E-state index in [1.807, 2.05) is 27.7 Å². The average molecular weight is 200 g/mol. The minimum Gasteiger partial charge on any atom is -0.304 e. The van der Waals surface area contributed by atoms with Crippen molar-refractivity contribution in [2.45, 2.75) is 33.2 Å². The lowest BCUT2D eigenvalue weighted by molar-refractivity contribution is -0.117. The van der Waals surface area contributed by atoms with Gasteiger partial charge in [-0.25, -0.2) is 0 Å². The summed E-state index contributed by atoms with van der Waals surface area (Å²) in [6.45, 7) is 12.1. The summed E-state index contributed by atoms with van der Waals surface area (Å²) in [7, 11) is 2.12. The second-order valence-electron chi connectivity index (χ2n) is 4.06. The van der Waals surface area contributed by atoms with Crippen LogP contribution >= 0.6 is 0 Å². The van der Waals surface area contributed by atoms with E-state index in [1.165, 1.54) is 0 Å². The summed E-state index contributed by atoms with van der Waals surface area (Å²) in [4.78, 5) is 15.3. The fourth-order valence-corrected chi connectivity index (χ4v) is 1.46. The van der Waals surface area contributed by atoms with Crippen molar-refractivity contribution in [1.29, 1.82) is 0 Å². The SMILES string of the molecule is CC.CN1CCN(C(C)(C)C=O)CC1. The van der Waals surface area contributed by atoms with Gasteiger partial charge < -0.3 is 9.69 Å². The van der Waals surface area contributed by atoms with Crippen LogP contribution in [-0.4, -0.2) is 54.9 Å². The summed E-state index contributed by atoms with van der Waals surface area (Å²) < 4.78 is 0. The number of aldehydes is 1. The van der Waals surface area contributed by atoms with Crippen LogP contribution < -0.4 is 0 Å². The van der Waals surface area contributed by atoms with Crippen LogP contribution in [0.15, 0.2) is 0 Å². The molecule has 0 aliphatic carbocycles. The van der Waals surface area contributed by atoms with Crippen molar-refractivity contribution < 1.29 is 4.79 Å². The molecule has 0 unspecified atom stereocenters. The van der Waals surface area contributed by atoms with Crippen LogP contribution in [0, 0.1) is 0 Å². The van der Waals surface area contributed by atoms with Gasteiger partial charge in [-0.05, 0) is 20.9 Å². The quantitative estimate of drug-likeness (QED) is 0.627. The largest absolute Gasteiger partial charge is 0.304 e. The van der Waals surface area contributed by atoms with Crippen LogP contribution in [0.1, 0.15) is 27.7 Å². The standard InChI is InChI=1S/C9H18N2O.C2H6/c1-9(2,8-12)11-6-4-10(3)5-7-11;1-2/h8H,4-7H2,1-3H3;1-2H3. The Balaban J connectivity index is 0.000000791. The van der Waals surface area contributed by atoms with E-state index in [2.05, 4.69) is 16.8 Å². The molecule has 0 amide bonds. The van der Waals surface area contributed by atoms with Gasteiger partial charge in [0.15, 0.2) is 0 Å². The van der Waals surface area contributed by atoms with Gasteiger partial charge in [0.25, 0.3) is 0 Å². The lowest BCUT2D eigenvalue weighted by atomic mass is 10.0. The molecule has 1 aliphatic rings. The van der Waals surface area contributed by atoms with E-state index in [0.29, 0.717) is 0 Å². The smallest absolute Gasteiger partial charge is 0.139 e. The first-order valence-corrected chi connectivity index (χ1v) is 5.46. The van der Waals surface area contributed by atoms with Crippen LogP contribution in [0.3, 0.4) is 0 Å². The molecule has 0 N–H and O–H groups in total. The van der Waals surface area contributed by atoms with Crippen LogP contribution in [-0.2, 0) is 4.79 Å². The molecule has 0 aromatic carbocycles. The average Bonchev–Trinajstić information content (AvgIpc) is 2.21. The number of hydrogen-bond donors (Lipinski definition) is 0. The normalized spacial score (nSPS) is 19.8. The Morgan fingerprint density at radius 1 is 1.07 bits per heavy atom. The third-order valence-electron chi connectivity index (χ3n) is 2.61. The van der Waals surface area contributed by atoms with Gasteiger partial charge in [0.2, 0.25) is 0 Å². The number of carbonyl (C=O) groups excluding carboxylic acids is 1. The molecular formula is C11H24N2O. The third-order valence-corrected chi connectivity index (χ3v) is 2.61. The summed E-state index contributed by atoms with van der Waals surface area (Å²) in [5, 5.41) is 0. The van der Waals surface area contributed by atoms with E-state index >= 15 is 0 Å². The molecule has 0 aromatic rings. The zero-order valence-electron chi connectivity index (χ0n) is 10.2. The Morgan fingerprint density at radius 3 is 1.86 bits per heavy atom. The molecule has 3 nitrogen and oxygen atoms in total. The topological polar surface area (TPSA) is 23.6 Å². The van der Waals surface area contributed by atoms with Crippen molar-refractivity contribution in [2.24, 2.45) is 0 Å². The molecular weight excluding hydrogens is 176 g/mol. The first-order valence-electron chi connectivity index (χ1n) is 5.46. The molecule has 1 rings (SSSR count). The Morgan fingerprint density at radius 2 is 1.50 bits per heavy atom. The molecule has 0 radical (unpaired) electrons. The molecule has 14 heavy (non-hydrogen) atoms. The fraction of sp³-hybridized carbons (Fsp3) is 0.909. The Hall–Kier alpha value is -0.410. The van der Waals surface area contributed by atoms with E-state index < -0.39 is 0 Å². The highest BCUT2D eigenvalue weighted by atomic mass is 16.1. The van der Waals surface area contributed by atoms with Crippen molar-refractivity contribution >= 4 is 6.29 Å². The van der Waals surface area contributed by atoms with Gasteiger partial charge in [-0.3, -0.25) is 4.90 Å². The fourth-order valence-electron chi connectivity index (χ4n) is 1.46. The Bertz CT molecular complexity index is 161. The van der Waals surface area contributed by atoms with Crippen LogP contribution in [0.2, 0.25) is 0 Å². The van der Waals surface area contributed by atoms with Crippen molar-refractivity contribution in [3.8, 4) is 0 Å². The molecule has 1 aliphatic heterocycles. The second kappa shape index (κ2) is 6.14. The maximum absolute atomic E-state index is 10.8. The van der Waals surface area contributed by atoms with Gasteiger partial charge >= 0.3 is 0 Å². The summed E-state index contributed by atoms with van der Waals surface area (Å²) in [5.74, 6) is 0. The van der Waals surface area contributed by atoms with Crippen molar-refractivity contribution in [1.82, 2.24) is 9.80 Å². The zero-order chi connectivity index (χ0) is 11.2. The Labute approximate surface area is 88.1 Å². The molecule has 0 aromatic heterocycles. The monoisotopic (exact) mass is 200 g/mol. The van der Waals surface area contributed by atoms with Crippen LogP contribution in [0.5, 0.6) is 0 Å². The highest BCUT2D eigenvalue weighted by Crippen LogP contribution is 2.13. The Kier molecular flexibility index (Phi) is 5.96. The molecule has 84 valence electrons. The van der Waals surface area contributed by atoms with Crippen LogP contribution in [0.25, 0.3) is 0 Å². The van der Waals surface area contributed by atoms with Gasteiger partial charge in [-0.2, -0.15) is 0 Å². The lowest BCUT2D eigenvalue weighted by Crippen LogP contribution is -2.54. The van der Waals surface area contributed by atoms with E-state index in [9.17, 15) is 4.79 Å². The van der Waals surface area contributed by atoms with Crippen molar-refractivity contribution in [2.75, 3.05) is 33.2 Å². The maximum atomic E-state index is 10.8. The minimum atomic E-state index is -0.277. The van der Waals surface area contributed by atoms with E-state index in [1.54, 1.807) is 0 Å². The van der Waals surface area contributed by atoms with Crippen molar-refractivity contribution in [3.05, 3.63) is 0 Å². The molecule has 0 atom stereocenters. The summed E-state index contributed by atoms with van der Waals surface area (Å²) in [5.41, 5.74) is -0.277. The first-order chi connectivity index (χ1) is 6.56. The molecule has 0 spiro atoms. The number of hydrogen-bond acceptors (Lipinski definition) is 3. The summed E-state index contributed by atoms with van der Waals surface area (Å²) >= 11 is 0. The predicted octanol–water partition coefficient (Wildman–Crippen LogP) is 1.24. The highest BCUT2D eigenvalue weighted by molar-refractivity contribution is 5.62. The maximum Gasteiger partial charge on any atom is 0.139 e. The van der Waals surface area contributed by atoms with E-state index in [4.69, 9.17) is 0 Å². The number of nitrogens with zero attached hydrogens (tertiary/aromatic N) is 2. The number of carbonyl (C=O) groups is 1. The van der Waals surface area contributed by atoms with E-state index in [-0.39, 0.29) is 5.54 Å². The van der Waals surface area contributed by atoms with Gasteiger partial charge in [0, 0.05) is 26.2 Å². The van der Waals surface area contributed by atoms with Gasteiger partial charge in [0.1, 0.15) is 6.29 Å². The van der Waals surface area contributed by atoms with Crippen molar-refractivity contribution in [3.63, 3.8) is 0 Å². The molecule has 0 bridgehead atoms. The molecule has 1 saturated heterocycles. The lowest BCUT2D eigenvalue weighted by Gasteiger charge is -2.40. The second-order valence-corrected chi connectivity index (χ2v) is 4.06. The number of rotatable bonds is 2. The predicted molar refractivity (Wildman–Crippen MR) is 60.6 cm³/mol. The summed E-state index contributed by atoms with van der Waals surface area (Å²) in [6, 6.07) is 0. The number of likely N-dealkylation sites (N-methyl/N-ethyl adjacent to an activating group) is 1. The van der Waals surface area contributed by atoms with Gasteiger partial charge in [-0.15, -0.1) is 0 Å². The highest BCUT2D eigenvalue weighted by Gasteiger charge is 2.28. The molecule has 1 fully saturated rings. The van der Waals surface area contributed by atoms with Crippen LogP contribution in [0.4, 0.5) is 0 Å². The first kappa shape index (κ1) is 13.6. The number of piperazine rings is 1. The third kappa shape index (κ3) is 3.76.